The van der Waals surface area contributed by atoms with Crippen LogP contribution in [0.3, 0.4) is 0 Å². The fourth-order valence-corrected chi connectivity index (χ4v) is 2.89. The van der Waals surface area contributed by atoms with Crippen molar-refractivity contribution in [2.45, 2.75) is 12.6 Å². The molecule has 0 radical (unpaired) electrons. The van der Waals surface area contributed by atoms with E-state index in [1.807, 2.05) is 18.0 Å². The number of hydrogen-bond donors (Lipinski definition) is 1. The van der Waals surface area contributed by atoms with Gasteiger partial charge in [-0.25, -0.2) is 4.39 Å². The SMILES string of the molecule is CN1CCN(CC(O)CN(C)Cc2ccc(F)cc2C#N)CC1. The minimum absolute atomic E-state index is 0.352. The van der Waals surface area contributed by atoms with Crippen molar-refractivity contribution in [3.63, 3.8) is 0 Å². The number of β-amino-alcohol motifs (C(OH)–C–C–N with tert-alkyl or cyclic N) is 1. The Kier molecular flexibility index (Phi) is 6.48. The predicted octanol–water partition coefficient (Wildman–Crippen LogP) is 0.737. The first-order valence-electron chi connectivity index (χ1n) is 7.94. The first-order valence-corrected chi connectivity index (χ1v) is 7.94. The van der Waals surface area contributed by atoms with E-state index in [9.17, 15) is 9.50 Å². The molecule has 1 atom stereocenters. The van der Waals surface area contributed by atoms with Crippen LogP contribution in [0.1, 0.15) is 11.1 Å². The largest absolute Gasteiger partial charge is 0.390 e. The number of nitriles is 1. The van der Waals surface area contributed by atoms with Crippen molar-refractivity contribution < 1.29 is 9.50 Å². The van der Waals surface area contributed by atoms with Crippen LogP contribution in [0, 0.1) is 17.1 Å². The minimum atomic E-state index is -0.436. The number of aliphatic hydroxyl groups excluding tert-OH is 1. The molecule has 0 bridgehead atoms. The molecule has 1 unspecified atom stereocenters. The summed E-state index contributed by atoms with van der Waals surface area (Å²) in [5, 5.41) is 19.3. The summed E-state index contributed by atoms with van der Waals surface area (Å²) in [7, 11) is 4.01. The molecule has 6 heteroatoms. The standard InChI is InChI=1S/C17H25FN4O/c1-20-5-7-22(8-6-20)13-17(23)12-21(2)11-14-3-4-16(18)9-15(14)10-19/h3-4,9,17,23H,5-8,11-13H2,1-2H3. The molecule has 126 valence electrons. The molecule has 5 nitrogen and oxygen atoms in total. The zero-order valence-electron chi connectivity index (χ0n) is 13.9. The number of benzene rings is 1. The van der Waals surface area contributed by atoms with E-state index in [1.54, 1.807) is 6.07 Å². The molecule has 0 amide bonds. The van der Waals surface area contributed by atoms with Crippen molar-refractivity contribution in [3.05, 3.63) is 35.1 Å². The van der Waals surface area contributed by atoms with Crippen LogP contribution in [0.15, 0.2) is 18.2 Å². The normalized spacial score (nSPS) is 18.1. The molecule has 2 rings (SSSR count). The van der Waals surface area contributed by atoms with Crippen molar-refractivity contribution in [3.8, 4) is 6.07 Å². The third-order valence-electron chi connectivity index (χ3n) is 4.22. The van der Waals surface area contributed by atoms with Gasteiger partial charge in [0.1, 0.15) is 5.82 Å². The first-order chi connectivity index (χ1) is 11.0. The van der Waals surface area contributed by atoms with E-state index in [4.69, 9.17) is 5.26 Å². The van der Waals surface area contributed by atoms with Crippen molar-refractivity contribution >= 4 is 0 Å². The van der Waals surface area contributed by atoms with Gasteiger partial charge in [-0.3, -0.25) is 9.80 Å². The molecule has 1 aromatic rings. The Morgan fingerprint density at radius 2 is 2.04 bits per heavy atom. The van der Waals surface area contributed by atoms with Crippen LogP contribution >= 0.6 is 0 Å². The fraction of sp³-hybridized carbons (Fsp3) is 0.588. The molecule has 1 heterocycles. The van der Waals surface area contributed by atoms with Crippen LogP contribution in [0.2, 0.25) is 0 Å². The van der Waals surface area contributed by atoms with Crippen LogP contribution in [0.25, 0.3) is 0 Å². The van der Waals surface area contributed by atoms with Gasteiger partial charge in [-0.05, 0) is 31.8 Å². The van der Waals surface area contributed by atoms with Gasteiger partial charge in [0.05, 0.1) is 17.7 Å². The highest BCUT2D eigenvalue weighted by molar-refractivity contribution is 5.37. The van der Waals surface area contributed by atoms with Gasteiger partial charge in [-0.1, -0.05) is 6.07 Å². The third kappa shape index (κ3) is 5.56. The second-order valence-corrected chi connectivity index (χ2v) is 6.37. The lowest BCUT2D eigenvalue weighted by atomic mass is 10.1. The number of likely N-dealkylation sites (N-methyl/N-ethyl adjacent to an activating group) is 2. The molecule has 23 heavy (non-hydrogen) atoms. The van der Waals surface area contributed by atoms with Gasteiger partial charge in [-0.15, -0.1) is 0 Å². The molecule has 1 saturated heterocycles. The molecule has 1 aromatic carbocycles. The lowest BCUT2D eigenvalue weighted by Crippen LogP contribution is -2.48. The van der Waals surface area contributed by atoms with Crippen LogP contribution in [0.4, 0.5) is 4.39 Å². The smallest absolute Gasteiger partial charge is 0.124 e. The third-order valence-corrected chi connectivity index (χ3v) is 4.22. The van der Waals surface area contributed by atoms with E-state index in [-0.39, 0.29) is 0 Å². The summed E-state index contributed by atoms with van der Waals surface area (Å²) in [5.41, 5.74) is 1.13. The maximum Gasteiger partial charge on any atom is 0.124 e. The Balaban J connectivity index is 1.82. The first kappa shape index (κ1) is 17.8. The zero-order chi connectivity index (χ0) is 16.8. The van der Waals surface area contributed by atoms with E-state index >= 15 is 0 Å². The van der Waals surface area contributed by atoms with Crippen molar-refractivity contribution in [2.24, 2.45) is 0 Å². The summed E-state index contributed by atoms with van der Waals surface area (Å²) in [6, 6.07) is 6.28. The average molecular weight is 320 g/mol. The van der Waals surface area contributed by atoms with Crippen LogP contribution < -0.4 is 0 Å². The highest BCUT2D eigenvalue weighted by Crippen LogP contribution is 2.13. The van der Waals surface area contributed by atoms with Gasteiger partial charge < -0.3 is 10.0 Å². The van der Waals surface area contributed by atoms with E-state index in [2.05, 4.69) is 16.8 Å². The molecule has 1 aliphatic rings. The summed E-state index contributed by atoms with van der Waals surface area (Å²) in [6.45, 7) is 5.72. The van der Waals surface area contributed by atoms with Crippen molar-refractivity contribution in [2.75, 3.05) is 53.4 Å². The van der Waals surface area contributed by atoms with E-state index in [1.165, 1.54) is 12.1 Å². The Morgan fingerprint density at radius 3 is 2.70 bits per heavy atom. The average Bonchev–Trinajstić information content (AvgIpc) is 2.51. The van der Waals surface area contributed by atoms with Gasteiger partial charge in [0, 0.05) is 45.8 Å². The molecular formula is C17H25FN4O. The number of hydrogen-bond acceptors (Lipinski definition) is 5. The minimum Gasteiger partial charge on any atom is -0.390 e. The highest BCUT2D eigenvalue weighted by Gasteiger charge is 2.18. The molecule has 0 spiro atoms. The van der Waals surface area contributed by atoms with E-state index < -0.39 is 11.9 Å². The summed E-state index contributed by atoms with van der Waals surface area (Å²) in [5.74, 6) is -0.400. The van der Waals surface area contributed by atoms with Crippen molar-refractivity contribution in [1.29, 1.82) is 5.26 Å². The second-order valence-electron chi connectivity index (χ2n) is 6.37. The van der Waals surface area contributed by atoms with Crippen LogP contribution in [-0.2, 0) is 6.54 Å². The van der Waals surface area contributed by atoms with Gasteiger partial charge in [0.15, 0.2) is 0 Å². The monoisotopic (exact) mass is 320 g/mol. The predicted molar refractivity (Wildman–Crippen MR) is 87.4 cm³/mol. The van der Waals surface area contributed by atoms with Crippen molar-refractivity contribution in [1.82, 2.24) is 14.7 Å². The maximum absolute atomic E-state index is 13.2. The Morgan fingerprint density at radius 1 is 1.35 bits per heavy atom. The Labute approximate surface area is 137 Å². The molecule has 0 aliphatic carbocycles. The lowest BCUT2D eigenvalue weighted by molar-refractivity contribution is 0.0593. The Hall–Kier alpha value is -1.52. The summed E-state index contributed by atoms with van der Waals surface area (Å²) in [4.78, 5) is 6.53. The van der Waals surface area contributed by atoms with Gasteiger partial charge in [0.2, 0.25) is 0 Å². The second kappa shape index (κ2) is 8.37. The molecule has 0 aromatic heterocycles. The fourth-order valence-electron chi connectivity index (χ4n) is 2.89. The van der Waals surface area contributed by atoms with Crippen LogP contribution in [0.5, 0.6) is 0 Å². The molecular weight excluding hydrogens is 295 g/mol. The molecule has 0 saturated carbocycles. The molecule has 1 aliphatic heterocycles. The number of rotatable bonds is 6. The summed E-state index contributed by atoms with van der Waals surface area (Å²) in [6.07, 6.45) is -0.436. The lowest BCUT2D eigenvalue weighted by Gasteiger charge is -2.34. The van der Waals surface area contributed by atoms with E-state index in [0.717, 1.165) is 31.7 Å². The van der Waals surface area contributed by atoms with E-state index in [0.29, 0.717) is 25.2 Å². The Bertz CT molecular complexity index is 552. The summed E-state index contributed by atoms with van der Waals surface area (Å²) >= 11 is 0. The highest BCUT2D eigenvalue weighted by atomic mass is 19.1. The zero-order valence-corrected chi connectivity index (χ0v) is 13.9. The van der Waals surface area contributed by atoms with Gasteiger partial charge in [0.25, 0.3) is 0 Å². The topological polar surface area (TPSA) is 53.7 Å². The van der Waals surface area contributed by atoms with Gasteiger partial charge in [-0.2, -0.15) is 5.26 Å². The summed E-state index contributed by atoms with van der Waals surface area (Å²) < 4.78 is 13.2. The van der Waals surface area contributed by atoms with Crippen LogP contribution in [-0.4, -0.2) is 79.3 Å². The molecule has 1 fully saturated rings. The maximum atomic E-state index is 13.2. The number of aliphatic hydroxyl groups is 1. The molecule has 1 N–H and O–H groups in total. The number of nitrogens with zero attached hydrogens (tertiary/aromatic N) is 4. The van der Waals surface area contributed by atoms with Gasteiger partial charge >= 0.3 is 0 Å². The number of piperazine rings is 1. The quantitative estimate of drug-likeness (QED) is 0.838. The number of halogens is 1.